The van der Waals surface area contributed by atoms with E-state index in [1.165, 1.54) is 0 Å². The van der Waals surface area contributed by atoms with Crippen LogP contribution in [0, 0.1) is 5.92 Å². The SMILES string of the molecule is O=C(C1CCOCC1)C1CCOc2ccccc21. The molecule has 18 heavy (non-hydrogen) atoms. The number of Topliss-reactive ketones (excluding diaryl/α,β-unsaturated/α-hetero) is 1. The first kappa shape index (κ1) is 11.7. The summed E-state index contributed by atoms with van der Waals surface area (Å²) < 4.78 is 10.9. The predicted molar refractivity (Wildman–Crippen MR) is 67.8 cm³/mol. The number of para-hydroxylation sites is 1. The molecule has 0 saturated carbocycles. The highest BCUT2D eigenvalue weighted by atomic mass is 16.5. The Bertz CT molecular complexity index is 435. The summed E-state index contributed by atoms with van der Waals surface area (Å²) in [6, 6.07) is 7.92. The van der Waals surface area contributed by atoms with Gasteiger partial charge in [0, 0.05) is 30.6 Å². The maximum absolute atomic E-state index is 12.6. The third kappa shape index (κ3) is 2.15. The second kappa shape index (κ2) is 5.11. The molecule has 3 rings (SSSR count). The summed E-state index contributed by atoms with van der Waals surface area (Å²) in [5.41, 5.74) is 1.07. The lowest BCUT2D eigenvalue weighted by molar-refractivity contribution is -0.127. The zero-order valence-corrected chi connectivity index (χ0v) is 10.4. The first-order valence-corrected chi connectivity index (χ1v) is 6.69. The number of rotatable bonds is 2. The summed E-state index contributed by atoms with van der Waals surface area (Å²) in [4.78, 5) is 12.6. The molecule has 1 unspecified atom stereocenters. The Hall–Kier alpha value is -1.35. The van der Waals surface area contributed by atoms with Crippen LogP contribution in [-0.2, 0) is 9.53 Å². The van der Waals surface area contributed by atoms with Crippen molar-refractivity contribution in [1.29, 1.82) is 0 Å². The van der Waals surface area contributed by atoms with Crippen LogP contribution in [0.4, 0.5) is 0 Å². The highest BCUT2D eigenvalue weighted by Crippen LogP contribution is 2.36. The summed E-state index contributed by atoms with van der Waals surface area (Å²) in [6.45, 7) is 2.10. The van der Waals surface area contributed by atoms with Crippen LogP contribution in [-0.4, -0.2) is 25.6 Å². The van der Waals surface area contributed by atoms with Gasteiger partial charge in [0.1, 0.15) is 11.5 Å². The van der Waals surface area contributed by atoms with Crippen molar-refractivity contribution in [1.82, 2.24) is 0 Å². The lowest BCUT2D eigenvalue weighted by Crippen LogP contribution is -2.30. The number of fused-ring (bicyclic) bond motifs is 1. The van der Waals surface area contributed by atoms with Crippen molar-refractivity contribution >= 4 is 5.78 Å². The maximum atomic E-state index is 12.6. The van der Waals surface area contributed by atoms with E-state index in [1.54, 1.807) is 0 Å². The van der Waals surface area contributed by atoms with Crippen LogP contribution in [0.2, 0.25) is 0 Å². The summed E-state index contributed by atoms with van der Waals surface area (Å²) in [6.07, 6.45) is 2.56. The average molecular weight is 246 g/mol. The number of ether oxygens (including phenoxy) is 2. The molecule has 2 heterocycles. The Labute approximate surface area is 107 Å². The molecular weight excluding hydrogens is 228 g/mol. The van der Waals surface area contributed by atoms with Crippen molar-refractivity contribution in [2.75, 3.05) is 19.8 Å². The molecule has 1 aromatic carbocycles. The minimum atomic E-state index is 0.0260. The van der Waals surface area contributed by atoms with Gasteiger partial charge in [0.15, 0.2) is 0 Å². The highest BCUT2D eigenvalue weighted by Gasteiger charge is 2.32. The molecule has 3 heteroatoms. The van der Waals surface area contributed by atoms with Crippen LogP contribution < -0.4 is 4.74 Å². The van der Waals surface area contributed by atoms with Gasteiger partial charge in [-0.15, -0.1) is 0 Å². The second-order valence-corrected chi connectivity index (χ2v) is 5.02. The van der Waals surface area contributed by atoms with Crippen LogP contribution in [0.25, 0.3) is 0 Å². The lowest BCUT2D eigenvalue weighted by Gasteiger charge is -2.29. The summed E-state index contributed by atoms with van der Waals surface area (Å²) in [5, 5.41) is 0. The Morgan fingerprint density at radius 2 is 1.83 bits per heavy atom. The molecule has 96 valence electrons. The fraction of sp³-hybridized carbons (Fsp3) is 0.533. The van der Waals surface area contributed by atoms with Gasteiger partial charge in [-0.2, -0.15) is 0 Å². The zero-order valence-electron chi connectivity index (χ0n) is 10.4. The Balaban J connectivity index is 1.82. The molecule has 3 nitrogen and oxygen atoms in total. The van der Waals surface area contributed by atoms with Gasteiger partial charge in [0.05, 0.1) is 6.61 Å². The van der Waals surface area contributed by atoms with Crippen molar-refractivity contribution < 1.29 is 14.3 Å². The predicted octanol–water partition coefficient (Wildman–Crippen LogP) is 2.55. The van der Waals surface area contributed by atoms with Gasteiger partial charge in [-0.25, -0.2) is 0 Å². The number of hydrogen-bond acceptors (Lipinski definition) is 3. The molecule has 1 aromatic rings. The Kier molecular flexibility index (Phi) is 3.33. The first-order valence-electron chi connectivity index (χ1n) is 6.69. The number of carbonyl (C=O) groups is 1. The molecule has 2 aliphatic heterocycles. The number of ketones is 1. The molecule has 2 aliphatic rings. The molecule has 1 fully saturated rings. The number of benzene rings is 1. The molecule has 1 saturated heterocycles. The quantitative estimate of drug-likeness (QED) is 0.804. The fourth-order valence-electron chi connectivity index (χ4n) is 2.90. The first-order chi connectivity index (χ1) is 8.86. The van der Waals surface area contributed by atoms with E-state index in [2.05, 4.69) is 0 Å². The molecule has 0 aliphatic carbocycles. The van der Waals surface area contributed by atoms with Gasteiger partial charge >= 0.3 is 0 Å². The summed E-state index contributed by atoms with van der Waals surface area (Å²) in [7, 11) is 0. The largest absolute Gasteiger partial charge is 0.493 e. The zero-order chi connectivity index (χ0) is 12.4. The highest BCUT2D eigenvalue weighted by molar-refractivity contribution is 5.88. The van der Waals surface area contributed by atoms with Crippen LogP contribution >= 0.6 is 0 Å². The molecule has 0 N–H and O–H groups in total. The second-order valence-electron chi connectivity index (χ2n) is 5.02. The summed E-state index contributed by atoms with van der Waals surface area (Å²) in [5.74, 6) is 1.47. The molecule has 0 bridgehead atoms. The lowest BCUT2D eigenvalue weighted by atomic mass is 9.81. The van der Waals surface area contributed by atoms with E-state index in [-0.39, 0.29) is 11.8 Å². The Morgan fingerprint density at radius 3 is 2.67 bits per heavy atom. The van der Waals surface area contributed by atoms with Gasteiger partial charge < -0.3 is 9.47 Å². The summed E-state index contributed by atoms with van der Waals surface area (Å²) >= 11 is 0. The van der Waals surface area contributed by atoms with E-state index in [1.807, 2.05) is 24.3 Å². The molecule has 0 amide bonds. The molecule has 0 radical (unpaired) electrons. The molecule has 1 atom stereocenters. The maximum Gasteiger partial charge on any atom is 0.143 e. The topological polar surface area (TPSA) is 35.5 Å². The van der Waals surface area contributed by atoms with Crippen molar-refractivity contribution in [3.63, 3.8) is 0 Å². The van der Waals surface area contributed by atoms with Gasteiger partial charge in [-0.1, -0.05) is 18.2 Å². The van der Waals surface area contributed by atoms with Crippen molar-refractivity contribution in [2.24, 2.45) is 5.92 Å². The molecule has 0 aromatic heterocycles. The van der Waals surface area contributed by atoms with Crippen LogP contribution in [0.5, 0.6) is 5.75 Å². The standard InChI is InChI=1S/C15H18O3/c16-15(11-5-8-17-9-6-11)13-7-10-18-14-4-2-1-3-12(13)14/h1-4,11,13H,5-10H2. The van der Waals surface area contributed by atoms with Crippen LogP contribution in [0.3, 0.4) is 0 Å². The van der Waals surface area contributed by atoms with E-state index < -0.39 is 0 Å². The van der Waals surface area contributed by atoms with E-state index in [9.17, 15) is 4.79 Å². The third-order valence-electron chi connectivity index (χ3n) is 3.93. The minimum Gasteiger partial charge on any atom is -0.493 e. The monoisotopic (exact) mass is 246 g/mol. The number of hydrogen-bond donors (Lipinski definition) is 0. The molecule has 0 spiro atoms. The van der Waals surface area contributed by atoms with E-state index >= 15 is 0 Å². The fourth-order valence-corrected chi connectivity index (χ4v) is 2.90. The van der Waals surface area contributed by atoms with Crippen LogP contribution in [0.15, 0.2) is 24.3 Å². The van der Waals surface area contributed by atoms with Gasteiger partial charge in [0.25, 0.3) is 0 Å². The third-order valence-corrected chi connectivity index (χ3v) is 3.93. The normalized spacial score (nSPS) is 24.1. The van der Waals surface area contributed by atoms with Crippen molar-refractivity contribution in [3.8, 4) is 5.75 Å². The number of carbonyl (C=O) groups excluding carboxylic acids is 1. The van der Waals surface area contributed by atoms with E-state index in [0.29, 0.717) is 12.4 Å². The van der Waals surface area contributed by atoms with Crippen molar-refractivity contribution in [3.05, 3.63) is 29.8 Å². The van der Waals surface area contributed by atoms with Gasteiger partial charge in [-0.05, 0) is 25.3 Å². The minimum absolute atomic E-state index is 0.0260. The Morgan fingerprint density at radius 1 is 1.06 bits per heavy atom. The molecular formula is C15H18O3. The van der Waals surface area contributed by atoms with Gasteiger partial charge in [0.2, 0.25) is 0 Å². The van der Waals surface area contributed by atoms with E-state index in [0.717, 1.165) is 43.8 Å². The van der Waals surface area contributed by atoms with Gasteiger partial charge in [-0.3, -0.25) is 4.79 Å². The average Bonchev–Trinajstić information content (AvgIpc) is 2.47. The van der Waals surface area contributed by atoms with Crippen LogP contribution in [0.1, 0.15) is 30.7 Å². The van der Waals surface area contributed by atoms with E-state index in [4.69, 9.17) is 9.47 Å². The smallest absolute Gasteiger partial charge is 0.143 e. The van der Waals surface area contributed by atoms with Crippen molar-refractivity contribution in [2.45, 2.75) is 25.2 Å².